The quantitative estimate of drug-likeness (QED) is 0.745. The normalized spacial score (nSPS) is 11.6. The van der Waals surface area contributed by atoms with Crippen molar-refractivity contribution in [3.63, 3.8) is 0 Å². The van der Waals surface area contributed by atoms with Gasteiger partial charge >= 0.3 is 6.03 Å². The van der Waals surface area contributed by atoms with Crippen molar-refractivity contribution in [3.05, 3.63) is 31.2 Å². The largest absolute Gasteiger partial charge is 0.335 e. The van der Waals surface area contributed by atoms with Crippen LogP contribution in [0.5, 0.6) is 0 Å². The van der Waals surface area contributed by atoms with E-state index in [9.17, 15) is 4.79 Å². The van der Waals surface area contributed by atoms with Crippen LogP contribution < -0.4 is 10.6 Å². The third-order valence-corrected chi connectivity index (χ3v) is 2.10. The molecule has 0 saturated carbocycles. The molecule has 0 aliphatic rings. The van der Waals surface area contributed by atoms with Gasteiger partial charge in [-0.3, -0.25) is 5.32 Å². The first-order valence-corrected chi connectivity index (χ1v) is 5.20. The fraction of sp³-hybridized carbons (Fsp3) is 0.364. The summed E-state index contributed by atoms with van der Waals surface area (Å²) in [5.41, 5.74) is 0. The Kier molecular flexibility index (Phi) is 4.98. The first kappa shape index (κ1) is 12.2. The van der Waals surface area contributed by atoms with Gasteiger partial charge in [0.25, 0.3) is 0 Å². The molecule has 0 radical (unpaired) electrons. The second kappa shape index (κ2) is 6.55. The third kappa shape index (κ3) is 4.08. The second-order valence-corrected chi connectivity index (χ2v) is 3.32. The predicted molar refractivity (Wildman–Crippen MR) is 63.1 cm³/mol. The van der Waals surface area contributed by atoms with Gasteiger partial charge in [-0.05, 0) is 18.9 Å². The molecular weight excluding hydrogens is 204 g/mol. The Balaban J connectivity index is 2.44. The van der Waals surface area contributed by atoms with Gasteiger partial charge in [-0.25, -0.2) is 14.8 Å². The zero-order chi connectivity index (χ0) is 11.8. The highest BCUT2D eigenvalue weighted by Gasteiger charge is 2.08. The molecule has 2 amide bonds. The van der Waals surface area contributed by atoms with Crippen molar-refractivity contribution in [1.29, 1.82) is 0 Å². The van der Waals surface area contributed by atoms with Gasteiger partial charge in [0, 0.05) is 12.2 Å². The summed E-state index contributed by atoms with van der Waals surface area (Å²) in [6.07, 6.45) is 6.37. The van der Waals surface area contributed by atoms with Gasteiger partial charge in [0.1, 0.15) is 12.1 Å². The minimum Gasteiger partial charge on any atom is -0.335 e. The maximum Gasteiger partial charge on any atom is 0.320 e. The number of rotatable bonds is 5. The summed E-state index contributed by atoms with van der Waals surface area (Å²) >= 11 is 0. The molecule has 0 aliphatic carbocycles. The number of amides is 2. The molecule has 0 saturated heterocycles. The van der Waals surface area contributed by atoms with Crippen molar-refractivity contribution in [2.75, 3.05) is 5.32 Å². The van der Waals surface area contributed by atoms with Crippen molar-refractivity contribution >= 4 is 11.8 Å². The molecule has 0 aliphatic heterocycles. The van der Waals surface area contributed by atoms with Crippen LogP contribution in [-0.2, 0) is 0 Å². The van der Waals surface area contributed by atoms with E-state index in [0.717, 1.165) is 12.8 Å². The maximum atomic E-state index is 11.5. The highest BCUT2D eigenvalue weighted by molar-refractivity contribution is 5.88. The van der Waals surface area contributed by atoms with Crippen molar-refractivity contribution < 1.29 is 4.79 Å². The molecule has 16 heavy (non-hydrogen) atoms. The maximum absolute atomic E-state index is 11.5. The molecule has 1 aromatic heterocycles. The smallest absolute Gasteiger partial charge is 0.320 e. The summed E-state index contributed by atoms with van der Waals surface area (Å²) in [7, 11) is 0. The molecule has 1 rings (SSSR count). The van der Waals surface area contributed by atoms with E-state index < -0.39 is 0 Å². The van der Waals surface area contributed by atoms with E-state index in [-0.39, 0.29) is 12.1 Å². The van der Waals surface area contributed by atoms with Crippen LogP contribution in [0.15, 0.2) is 31.2 Å². The van der Waals surface area contributed by atoms with E-state index in [4.69, 9.17) is 0 Å². The Bertz CT molecular complexity index is 339. The molecule has 86 valence electrons. The number of anilines is 1. The lowest BCUT2D eigenvalue weighted by Crippen LogP contribution is -2.37. The number of carbonyl (C=O) groups excluding carboxylic acids is 1. The summed E-state index contributed by atoms with van der Waals surface area (Å²) in [4.78, 5) is 19.2. The minimum atomic E-state index is -0.257. The summed E-state index contributed by atoms with van der Waals surface area (Å²) in [6.45, 7) is 5.66. The van der Waals surface area contributed by atoms with Crippen molar-refractivity contribution in [1.82, 2.24) is 15.3 Å². The van der Waals surface area contributed by atoms with Gasteiger partial charge in [-0.1, -0.05) is 13.0 Å². The van der Waals surface area contributed by atoms with E-state index in [1.165, 1.54) is 6.33 Å². The van der Waals surface area contributed by atoms with Crippen molar-refractivity contribution in [3.8, 4) is 0 Å². The number of hydrogen-bond acceptors (Lipinski definition) is 3. The standard InChI is InChI=1S/C11H16N4O/c1-3-5-9(4-2)14-11(16)15-10-6-7-12-8-13-10/h3,6-9H,1,4-5H2,2H3,(H2,12,13,14,15,16)/t9-/m0/s1. The predicted octanol–water partition coefficient (Wildman–Crippen LogP) is 1.95. The molecule has 1 aromatic rings. The molecule has 1 atom stereocenters. The van der Waals surface area contributed by atoms with Crippen LogP contribution in [0.25, 0.3) is 0 Å². The fourth-order valence-corrected chi connectivity index (χ4v) is 1.23. The first-order valence-electron chi connectivity index (χ1n) is 5.20. The molecule has 0 unspecified atom stereocenters. The van der Waals surface area contributed by atoms with Gasteiger partial charge < -0.3 is 5.32 Å². The topological polar surface area (TPSA) is 66.9 Å². The van der Waals surface area contributed by atoms with E-state index in [1.54, 1.807) is 18.3 Å². The number of urea groups is 1. The molecule has 0 fully saturated rings. The van der Waals surface area contributed by atoms with Gasteiger partial charge in [-0.15, -0.1) is 6.58 Å². The third-order valence-electron chi connectivity index (χ3n) is 2.10. The van der Waals surface area contributed by atoms with E-state index >= 15 is 0 Å². The summed E-state index contributed by atoms with van der Waals surface area (Å²) < 4.78 is 0. The van der Waals surface area contributed by atoms with Crippen LogP contribution in [0.1, 0.15) is 19.8 Å². The monoisotopic (exact) mass is 220 g/mol. The van der Waals surface area contributed by atoms with Crippen LogP contribution in [0.3, 0.4) is 0 Å². The zero-order valence-electron chi connectivity index (χ0n) is 9.31. The van der Waals surface area contributed by atoms with E-state index in [0.29, 0.717) is 5.82 Å². The van der Waals surface area contributed by atoms with Crippen LogP contribution in [0.2, 0.25) is 0 Å². The molecule has 2 N–H and O–H groups in total. The van der Waals surface area contributed by atoms with Gasteiger partial charge in [0.2, 0.25) is 0 Å². The first-order chi connectivity index (χ1) is 7.76. The molecule has 0 bridgehead atoms. The Hall–Kier alpha value is -1.91. The van der Waals surface area contributed by atoms with Crippen molar-refractivity contribution in [2.24, 2.45) is 0 Å². The fourth-order valence-electron chi connectivity index (χ4n) is 1.23. The minimum absolute atomic E-state index is 0.110. The Morgan fingerprint density at radius 1 is 1.69 bits per heavy atom. The van der Waals surface area contributed by atoms with Crippen LogP contribution >= 0.6 is 0 Å². The SMILES string of the molecule is C=CC[C@H](CC)NC(=O)Nc1ccncn1. The lowest BCUT2D eigenvalue weighted by Gasteiger charge is -2.15. The van der Waals surface area contributed by atoms with E-state index in [2.05, 4.69) is 27.2 Å². The number of nitrogens with zero attached hydrogens (tertiary/aromatic N) is 2. The van der Waals surface area contributed by atoms with E-state index in [1.807, 2.05) is 6.92 Å². The second-order valence-electron chi connectivity index (χ2n) is 3.32. The molecule has 5 heteroatoms. The number of carbonyl (C=O) groups is 1. The summed E-state index contributed by atoms with van der Waals surface area (Å²) in [6, 6.07) is 1.49. The highest BCUT2D eigenvalue weighted by Crippen LogP contribution is 2.01. The van der Waals surface area contributed by atoms with Gasteiger partial charge in [0.15, 0.2) is 0 Å². The number of aromatic nitrogens is 2. The lowest BCUT2D eigenvalue weighted by atomic mass is 10.1. The lowest BCUT2D eigenvalue weighted by molar-refractivity contribution is 0.248. The van der Waals surface area contributed by atoms with Crippen LogP contribution in [0.4, 0.5) is 10.6 Å². The number of nitrogens with one attached hydrogen (secondary N) is 2. The van der Waals surface area contributed by atoms with Gasteiger partial charge in [-0.2, -0.15) is 0 Å². The Morgan fingerprint density at radius 3 is 3.06 bits per heavy atom. The van der Waals surface area contributed by atoms with Crippen LogP contribution in [-0.4, -0.2) is 22.0 Å². The summed E-state index contributed by atoms with van der Waals surface area (Å²) in [5, 5.41) is 5.46. The van der Waals surface area contributed by atoms with Crippen LogP contribution in [0, 0.1) is 0 Å². The molecular formula is C11H16N4O. The molecule has 1 heterocycles. The average molecular weight is 220 g/mol. The molecule has 0 aromatic carbocycles. The Morgan fingerprint density at radius 2 is 2.50 bits per heavy atom. The molecule has 0 spiro atoms. The summed E-state index contributed by atoms with van der Waals surface area (Å²) in [5.74, 6) is 0.487. The molecule has 5 nitrogen and oxygen atoms in total. The van der Waals surface area contributed by atoms with Gasteiger partial charge in [0.05, 0.1) is 0 Å². The van der Waals surface area contributed by atoms with Crippen molar-refractivity contribution in [2.45, 2.75) is 25.8 Å². The average Bonchev–Trinajstić information content (AvgIpc) is 2.29. The highest BCUT2D eigenvalue weighted by atomic mass is 16.2. The number of hydrogen-bond donors (Lipinski definition) is 2. The Labute approximate surface area is 95.0 Å². The zero-order valence-corrected chi connectivity index (χ0v) is 9.31.